The summed E-state index contributed by atoms with van der Waals surface area (Å²) in [6.07, 6.45) is -5.24. The molecule has 0 spiro atoms. The van der Waals surface area contributed by atoms with Crippen LogP contribution in [0, 0.1) is 0 Å². The van der Waals surface area contributed by atoms with Crippen LogP contribution in [0.3, 0.4) is 0 Å². The monoisotopic (exact) mass is 403 g/mol. The summed E-state index contributed by atoms with van der Waals surface area (Å²) in [5.41, 5.74) is -0.0889. The Morgan fingerprint density at radius 2 is 2.00 bits per heavy atom. The number of ether oxygens (including phenoxy) is 1. The van der Waals surface area contributed by atoms with Gasteiger partial charge in [-0.1, -0.05) is 34.7 Å². The zero-order chi connectivity index (χ0) is 15.3. The van der Waals surface area contributed by atoms with Crippen LogP contribution in [-0.4, -0.2) is 29.7 Å². The van der Waals surface area contributed by atoms with Crippen molar-refractivity contribution in [3.05, 3.63) is 24.3 Å². The minimum Gasteiger partial charge on any atom is -0.488 e. The van der Waals surface area contributed by atoms with Crippen LogP contribution in [0.15, 0.2) is 24.3 Å². The predicted molar refractivity (Wildman–Crippen MR) is 76.0 cm³/mol. The van der Waals surface area contributed by atoms with Crippen molar-refractivity contribution in [1.82, 2.24) is 0 Å². The molecular weight excluding hydrogens is 390 g/mol. The van der Waals surface area contributed by atoms with Gasteiger partial charge in [0.2, 0.25) is 0 Å². The van der Waals surface area contributed by atoms with Gasteiger partial charge in [0.15, 0.2) is 0 Å². The standard InChI is InChI=1S/C12H13F3INO3/c1-8(7-16)20-10-6-4-3-5-9(10)17(19-2)11(18)12(13,14)15/h3-6,8H,7H2,1-2H3/t8-/m0/s1. The highest BCUT2D eigenvalue weighted by Gasteiger charge is 2.44. The van der Waals surface area contributed by atoms with Crippen LogP contribution < -0.4 is 9.80 Å². The van der Waals surface area contributed by atoms with Crippen LogP contribution in [0.4, 0.5) is 18.9 Å². The lowest BCUT2D eigenvalue weighted by atomic mass is 10.2. The van der Waals surface area contributed by atoms with Crippen molar-refractivity contribution >= 4 is 34.2 Å². The maximum atomic E-state index is 12.5. The molecule has 0 fully saturated rings. The third-order valence-electron chi connectivity index (χ3n) is 2.24. The van der Waals surface area contributed by atoms with Gasteiger partial charge in [0.1, 0.15) is 17.5 Å². The molecule has 0 aliphatic carbocycles. The Bertz CT molecular complexity index is 468. The number of hydrogen-bond donors (Lipinski definition) is 0. The molecule has 0 aliphatic heterocycles. The molecule has 0 aromatic heterocycles. The van der Waals surface area contributed by atoms with E-state index in [9.17, 15) is 18.0 Å². The number of para-hydroxylation sites is 2. The van der Waals surface area contributed by atoms with Gasteiger partial charge in [-0.3, -0.25) is 9.63 Å². The molecule has 0 bridgehead atoms. The molecule has 1 rings (SSSR count). The quantitative estimate of drug-likeness (QED) is 0.430. The van der Waals surface area contributed by atoms with Gasteiger partial charge in [-0.25, -0.2) is 0 Å². The highest BCUT2D eigenvalue weighted by Crippen LogP contribution is 2.32. The topological polar surface area (TPSA) is 38.8 Å². The highest BCUT2D eigenvalue weighted by atomic mass is 127. The molecule has 4 nitrogen and oxygen atoms in total. The van der Waals surface area contributed by atoms with Gasteiger partial charge in [-0.05, 0) is 19.1 Å². The fourth-order valence-electron chi connectivity index (χ4n) is 1.38. The van der Waals surface area contributed by atoms with Crippen molar-refractivity contribution in [3.8, 4) is 5.75 Å². The van der Waals surface area contributed by atoms with Gasteiger partial charge in [0.05, 0.1) is 7.11 Å². The first-order valence-electron chi connectivity index (χ1n) is 5.58. The molecule has 112 valence electrons. The Hall–Kier alpha value is -1.03. The van der Waals surface area contributed by atoms with Crippen LogP contribution in [0.25, 0.3) is 0 Å². The lowest BCUT2D eigenvalue weighted by Crippen LogP contribution is -2.40. The van der Waals surface area contributed by atoms with Gasteiger partial charge in [-0.2, -0.15) is 18.2 Å². The molecule has 1 amide bonds. The Balaban J connectivity index is 3.13. The number of amides is 1. The van der Waals surface area contributed by atoms with Gasteiger partial charge in [0, 0.05) is 4.43 Å². The van der Waals surface area contributed by atoms with Crippen molar-refractivity contribution < 1.29 is 27.5 Å². The minimum absolute atomic E-state index is 0.0889. The smallest absolute Gasteiger partial charge is 0.473 e. The van der Waals surface area contributed by atoms with Crippen LogP contribution in [0.1, 0.15) is 6.92 Å². The molecule has 1 atom stereocenters. The largest absolute Gasteiger partial charge is 0.488 e. The first-order valence-corrected chi connectivity index (χ1v) is 7.10. The highest BCUT2D eigenvalue weighted by molar-refractivity contribution is 14.1. The van der Waals surface area contributed by atoms with Crippen LogP contribution in [0.2, 0.25) is 0 Å². The van der Waals surface area contributed by atoms with Crippen molar-refractivity contribution in [2.75, 3.05) is 16.6 Å². The van der Waals surface area contributed by atoms with Gasteiger partial charge in [-0.15, -0.1) is 0 Å². The molecular formula is C12H13F3INO3. The Morgan fingerprint density at radius 1 is 1.40 bits per heavy atom. The number of halogens is 4. The number of hydroxylamine groups is 1. The summed E-state index contributed by atoms with van der Waals surface area (Å²) < 4.78 is 43.7. The summed E-state index contributed by atoms with van der Waals surface area (Å²) in [5, 5.41) is 0.176. The Labute approximate surface area is 127 Å². The molecule has 1 aromatic rings. The molecule has 20 heavy (non-hydrogen) atoms. The first-order chi connectivity index (χ1) is 9.31. The minimum atomic E-state index is -5.03. The number of carbonyl (C=O) groups excluding carboxylic acids is 1. The van der Waals surface area contributed by atoms with E-state index in [1.54, 1.807) is 13.0 Å². The van der Waals surface area contributed by atoms with E-state index >= 15 is 0 Å². The van der Waals surface area contributed by atoms with E-state index in [2.05, 4.69) is 27.4 Å². The molecule has 0 heterocycles. The molecule has 0 saturated carbocycles. The average Bonchev–Trinajstić information content (AvgIpc) is 2.40. The van der Waals surface area contributed by atoms with E-state index in [0.29, 0.717) is 4.43 Å². The Kier molecular flexibility index (Phi) is 6.06. The second-order valence-electron chi connectivity index (χ2n) is 3.83. The van der Waals surface area contributed by atoms with Crippen molar-refractivity contribution in [3.63, 3.8) is 0 Å². The number of anilines is 1. The predicted octanol–water partition coefficient (Wildman–Crippen LogP) is 3.35. The summed E-state index contributed by atoms with van der Waals surface area (Å²) in [6.45, 7) is 1.77. The zero-order valence-corrected chi connectivity index (χ0v) is 12.9. The van der Waals surface area contributed by atoms with Crippen LogP contribution >= 0.6 is 22.6 Å². The number of benzene rings is 1. The maximum absolute atomic E-state index is 12.5. The number of rotatable bonds is 5. The second-order valence-corrected chi connectivity index (χ2v) is 4.71. The summed E-state index contributed by atoms with van der Waals surface area (Å²) in [7, 11) is 0.988. The fourth-order valence-corrected chi connectivity index (χ4v) is 1.56. The van der Waals surface area contributed by atoms with Crippen molar-refractivity contribution in [1.29, 1.82) is 0 Å². The van der Waals surface area contributed by atoms with E-state index in [0.717, 1.165) is 7.11 Å². The van der Waals surface area contributed by atoms with Gasteiger partial charge in [0.25, 0.3) is 0 Å². The lowest BCUT2D eigenvalue weighted by molar-refractivity contribution is -0.177. The van der Waals surface area contributed by atoms with E-state index in [1.165, 1.54) is 18.2 Å². The maximum Gasteiger partial charge on any atom is 0.473 e. The zero-order valence-electron chi connectivity index (χ0n) is 10.8. The Morgan fingerprint density at radius 3 is 2.50 bits per heavy atom. The van der Waals surface area contributed by atoms with Crippen LogP contribution in [0.5, 0.6) is 5.75 Å². The molecule has 0 N–H and O–H groups in total. The molecule has 8 heteroatoms. The number of carbonyl (C=O) groups is 1. The molecule has 0 aliphatic rings. The second kappa shape index (κ2) is 7.11. The summed E-state index contributed by atoms with van der Waals surface area (Å²) in [6, 6.07) is 5.90. The van der Waals surface area contributed by atoms with E-state index < -0.39 is 12.1 Å². The average molecular weight is 403 g/mol. The first kappa shape index (κ1) is 17.0. The molecule has 0 unspecified atom stereocenters. The summed E-state index contributed by atoms with van der Waals surface area (Å²) in [5.74, 6) is -1.96. The van der Waals surface area contributed by atoms with Crippen LogP contribution in [-0.2, 0) is 9.63 Å². The van der Waals surface area contributed by atoms with E-state index in [-0.39, 0.29) is 22.6 Å². The summed E-state index contributed by atoms with van der Waals surface area (Å²) in [4.78, 5) is 15.9. The number of hydrogen-bond acceptors (Lipinski definition) is 3. The third-order valence-corrected chi connectivity index (χ3v) is 3.48. The van der Waals surface area contributed by atoms with E-state index in [4.69, 9.17) is 4.74 Å². The number of alkyl halides is 4. The normalized spacial score (nSPS) is 12.9. The van der Waals surface area contributed by atoms with Gasteiger partial charge >= 0.3 is 12.1 Å². The molecule has 1 aromatic carbocycles. The molecule has 0 saturated heterocycles. The summed E-state index contributed by atoms with van der Waals surface area (Å²) >= 11 is 2.09. The van der Waals surface area contributed by atoms with Crippen molar-refractivity contribution in [2.24, 2.45) is 0 Å². The number of nitrogens with zero attached hydrogens (tertiary/aromatic N) is 1. The van der Waals surface area contributed by atoms with Gasteiger partial charge < -0.3 is 4.74 Å². The fraction of sp³-hybridized carbons (Fsp3) is 0.417. The van der Waals surface area contributed by atoms with Crippen molar-refractivity contribution in [2.45, 2.75) is 19.2 Å². The van der Waals surface area contributed by atoms with E-state index in [1.807, 2.05) is 0 Å². The third kappa shape index (κ3) is 4.23. The SMILES string of the molecule is CON(C(=O)C(F)(F)F)c1ccccc1O[C@@H](C)CI. The molecule has 0 radical (unpaired) electrons. The lowest BCUT2D eigenvalue weighted by Gasteiger charge is -2.24.